The zero-order valence-corrected chi connectivity index (χ0v) is 13.2. The molecule has 1 N–H and O–H groups in total. The van der Waals surface area contributed by atoms with E-state index in [9.17, 15) is 9.50 Å². The molecule has 0 aliphatic rings. The van der Waals surface area contributed by atoms with Gasteiger partial charge in [-0.25, -0.2) is 4.39 Å². The van der Waals surface area contributed by atoms with E-state index in [1.54, 1.807) is 19.1 Å². The molecule has 2 rings (SSSR count). The molecule has 0 aliphatic heterocycles. The first kappa shape index (κ1) is 14.8. The van der Waals surface area contributed by atoms with E-state index in [0.717, 1.165) is 9.13 Å². The molecule has 0 heterocycles. The molecule has 0 aliphatic carbocycles. The fourth-order valence-corrected chi connectivity index (χ4v) is 2.55. The molecule has 2 aromatic carbocycles. The molecule has 2 aromatic rings. The van der Waals surface area contributed by atoms with E-state index in [4.69, 9.17) is 11.6 Å². The second-order valence-corrected chi connectivity index (χ2v) is 6.31. The third kappa shape index (κ3) is 3.46. The molecular weight excluding hydrogens is 378 g/mol. The number of rotatable bonds is 3. The van der Waals surface area contributed by atoms with E-state index in [2.05, 4.69) is 22.6 Å². The normalized spacial score (nSPS) is 14.2. The fraction of sp³-hybridized carbons (Fsp3) is 0.200. The Kier molecular flexibility index (Phi) is 4.48. The van der Waals surface area contributed by atoms with Crippen LogP contribution in [-0.2, 0) is 12.0 Å². The Morgan fingerprint density at radius 1 is 1.21 bits per heavy atom. The molecule has 0 amide bonds. The van der Waals surface area contributed by atoms with Crippen LogP contribution in [0.2, 0.25) is 5.02 Å². The smallest absolute Gasteiger partial charge is 0.128 e. The van der Waals surface area contributed by atoms with Gasteiger partial charge in [-0.3, -0.25) is 0 Å². The Morgan fingerprint density at radius 3 is 2.42 bits per heavy atom. The summed E-state index contributed by atoms with van der Waals surface area (Å²) in [5, 5.41) is 10.9. The fourth-order valence-electron chi connectivity index (χ4n) is 1.96. The van der Waals surface area contributed by atoms with Gasteiger partial charge in [0.25, 0.3) is 0 Å². The maximum absolute atomic E-state index is 13.8. The minimum atomic E-state index is -1.16. The SMILES string of the molecule is CC(O)(Cc1c(F)cccc1Cl)c1ccc(I)cc1. The number of hydrogen-bond donors (Lipinski definition) is 1. The van der Waals surface area contributed by atoms with E-state index in [0.29, 0.717) is 10.6 Å². The van der Waals surface area contributed by atoms with Crippen molar-refractivity contribution in [3.8, 4) is 0 Å². The summed E-state index contributed by atoms with van der Waals surface area (Å²) in [4.78, 5) is 0. The van der Waals surface area contributed by atoms with Crippen LogP contribution in [0.15, 0.2) is 42.5 Å². The summed E-state index contributed by atoms with van der Waals surface area (Å²) in [5.74, 6) is -0.390. The lowest BCUT2D eigenvalue weighted by Gasteiger charge is -2.25. The lowest BCUT2D eigenvalue weighted by atomic mass is 9.89. The highest BCUT2D eigenvalue weighted by Crippen LogP contribution is 2.30. The molecule has 0 fully saturated rings. The average Bonchev–Trinajstić information content (AvgIpc) is 2.35. The molecular formula is C15H13ClFIO. The number of halogens is 3. The van der Waals surface area contributed by atoms with Crippen LogP contribution in [0, 0.1) is 9.39 Å². The van der Waals surface area contributed by atoms with Gasteiger partial charge in [-0.05, 0) is 59.3 Å². The van der Waals surface area contributed by atoms with E-state index in [1.165, 1.54) is 6.07 Å². The van der Waals surface area contributed by atoms with Gasteiger partial charge in [-0.1, -0.05) is 29.8 Å². The van der Waals surface area contributed by atoms with Gasteiger partial charge in [0.15, 0.2) is 0 Å². The molecule has 0 spiro atoms. The van der Waals surface area contributed by atoms with Crippen molar-refractivity contribution in [1.29, 1.82) is 0 Å². The molecule has 0 radical (unpaired) electrons. The molecule has 0 bridgehead atoms. The highest BCUT2D eigenvalue weighted by Gasteiger charge is 2.26. The maximum atomic E-state index is 13.8. The van der Waals surface area contributed by atoms with Crippen molar-refractivity contribution >= 4 is 34.2 Å². The topological polar surface area (TPSA) is 20.2 Å². The van der Waals surface area contributed by atoms with Crippen molar-refractivity contribution in [2.45, 2.75) is 18.9 Å². The predicted octanol–water partition coefficient (Wildman–Crippen LogP) is 4.53. The standard InChI is InChI=1S/C15H13ClFIO/c1-15(19,10-5-7-11(18)8-6-10)9-12-13(16)3-2-4-14(12)17/h2-8,19H,9H2,1H3. The van der Waals surface area contributed by atoms with Crippen molar-refractivity contribution in [2.75, 3.05) is 0 Å². The Morgan fingerprint density at radius 2 is 1.84 bits per heavy atom. The summed E-state index contributed by atoms with van der Waals surface area (Å²) >= 11 is 8.19. The second-order valence-electron chi connectivity index (χ2n) is 4.66. The third-order valence-electron chi connectivity index (χ3n) is 3.05. The molecule has 1 nitrogen and oxygen atoms in total. The zero-order chi connectivity index (χ0) is 14.0. The monoisotopic (exact) mass is 390 g/mol. The Labute approximate surface area is 130 Å². The largest absolute Gasteiger partial charge is 0.385 e. The van der Waals surface area contributed by atoms with Crippen molar-refractivity contribution in [1.82, 2.24) is 0 Å². The number of hydrogen-bond acceptors (Lipinski definition) is 1. The van der Waals surface area contributed by atoms with Gasteiger partial charge in [0.1, 0.15) is 5.82 Å². The summed E-state index contributed by atoms with van der Waals surface area (Å²) < 4.78 is 14.8. The number of aliphatic hydroxyl groups is 1. The van der Waals surface area contributed by atoms with Crippen molar-refractivity contribution in [2.24, 2.45) is 0 Å². The summed E-state index contributed by atoms with van der Waals surface area (Å²) in [6, 6.07) is 12.0. The lowest BCUT2D eigenvalue weighted by molar-refractivity contribution is 0.0567. The minimum Gasteiger partial charge on any atom is -0.385 e. The molecule has 1 atom stereocenters. The van der Waals surface area contributed by atoms with Gasteiger partial charge in [-0.2, -0.15) is 0 Å². The lowest BCUT2D eigenvalue weighted by Crippen LogP contribution is -2.25. The highest BCUT2D eigenvalue weighted by molar-refractivity contribution is 14.1. The van der Waals surface area contributed by atoms with Crippen molar-refractivity contribution in [3.63, 3.8) is 0 Å². The van der Waals surface area contributed by atoms with Gasteiger partial charge in [-0.15, -0.1) is 0 Å². The molecule has 0 aromatic heterocycles. The van der Waals surface area contributed by atoms with E-state index < -0.39 is 11.4 Å². The van der Waals surface area contributed by atoms with Crippen LogP contribution in [-0.4, -0.2) is 5.11 Å². The summed E-state index contributed by atoms with van der Waals surface area (Å²) in [6.07, 6.45) is 0.138. The van der Waals surface area contributed by atoms with Crippen molar-refractivity contribution in [3.05, 3.63) is 68.0 Å². The Hall–Kier alpha value is -0.650. The van der Waals surface area contributed by atoms with Crippen LogP contribution in [0.4, 0.5) is 4.39 Å². The van der Waals surface area contributed by atoms with Gasteiger partial charge in [0, 0.05) is 20.6 Å². The first-order chi connectivity index (χ1) is 8.90. The van der Waals surface area contributed by atoms with Crippen LogP contribution in [0.1, 0.15) is 18.1 Å². The first-order valence-electron chi connectivity index (χ1n) is 5.81. The van der Waals surface area contributed by atoms with Crippen LogP contribution < -0.4 is 0 Å². The van der Waals surface area contributed by atoms with E-state index in [1.807, 2.05) is 24.3 Å². The molecule has 100 valence electrons. The maximum Gasteiger partial charge on any atom is 0.128 e. The highest BCUT2D eigenvalue weighted by atomic mass is 127. The molecule has 0 saturated heterocycles. The first-order valence-corrected chi connectivity index (χ1v) is 7.27. The van der Waals surface area contributed by atoms with Crippen LogP contribution in [0.5, 0.6) is 0 Å². The summed E-state index contributed by atoms with van der Waals surface area (Å²) in [6.45, 7) is 1.66. The second kappa shape index (κ2) is 5.77. The Bertz CT molecular complexity index is 561. The van der Waals surface area contributed by atoms with Crippen molar-refractivity contribution < 1.29 is 9.50 Å². The Balaban J connectivity index is 2.33. The quantitative estimate of drug-likeness (QED) is 0.763. The predicted molar refractivity (Wildman–Crippen MR) is 83.8 cm³/mol. The van der Waals surface area contributed by atoms with Gasteiger partial charge in [0.2, 0.25) is 0 Å². The van der Waals surface area contributed by atoms with E-state index >= 15 is 0 Å². The molecule has 0 saturated carbocycles. The summed E-state index contributed by atoms with van der Waals surface area (Å²) in [7, 11) is 0. The average molecular weight is 391 g/mol. The van der Waals surface area contributed by atoms with E-state index in [-0.39, 0.29) is 6.42 Å². The molecule has 19 heavy (non-hydrogen) atoms. The van der Waals surface area contributed by atoms with Gasteiger partial charge < -0.3 is 5.11 Å². The number of benzene rings is 2. The van der Waals surface area contributed by atoms with Gasteiger partial charge >= 0.3 is 0 Å². The zero-order valence-electron chi connectivity index (χ0n) is 10.3. The minimum absolute atomic E-state index is 0.138. The molecule has 4 heteroatoms. The van der Waals surface area contributed by atoms with Crippen LogP contribution >= 0.6 is 34.2 Å². The third-order valence-corrected chi connectivity index (χ3v) is 4.12. The van der Waals surface area contributed by atoms with Gasteiger partial charge in [0.05, 0.1) is 5.60 Å². The van der Waals surface area contributed by atoms with Crippen LogP contribution in [0.25, 0.3) is 0 Å². The summed E-state index contributed by atoms with van der Waals surface area (Å²) in [5.41, 5.74) is -0.0733. The molecule has 1 unspecified atom stereocenters. The van der Waals surface area contributed by atoms with Crippen LogP contribution in [0.3, 0.4) is 0 Å².